The molecule has 0 amide bonds. The molecule has 3 rings (SSSR count). The number of halogens is 2. The van der Waals surface area contributed by atoms with Crippen LogP contribution in [0.3, 0.4) is 0 Å². The monoisotopic (exact) mass is 381 g/mol. The maximum atomic E-state index is 13.7. The lowest BCUT2D eigenvalue weighted by Gasteiger charge is -2.32. The predicted octanol–water partition coefficient (Wildman–Crippen LogP) is 2.55. The average Bonchev–Trinajstić information content (AvgIpc) is 2.62. The number of nitrogens with zero attached hydrogens (tertiary/aromatic N) is 2. The van der Waals surface area contributed by atoms with Gasteiger partial charge in [-0.2, -0.15) is 0 Å². The van der Waals surface area contributed by atoms with E-state index in [1.807, 2.05) is 12.1 Å². The zero-order valence-corrected chi connectivity index (χ0v) is 15.1. The van der Waals surface area contributed by atoms with Crippen LogP contribution in [0.1, 0.15) is 18.4 Å². The molecule has 1 aliphatic rings. The third-order valence-electron chi connectivity index (χ3n) is 4.61. The van der Waals surface area contributed by atoms with Gasteiger partial charge in [0.1, 0.15) is 16.5 Å². The Bertz CT molecular complexity index is 839. The van der Waals surface area contributed by atoms with Gasteiger partial charge in [-0.1, -0.05) is 0 Å². The first-order valence-electron chi connectivity index (χ1n) is 8.50. The second-order valence-corrected chi connectivity index (χ2v) is 8.24. The van der Waals surface area contributed by atoms with E-state index in [0.29, 0.717) is 6.07 Å². The maximum Gasteiger partial charge on any atom is 0.243 e. The molecule has 0 radical (unpaired) electrons. The standard InChI is InChI=1S/C18H21F2N3O2S/c19-16-1-2-18(17(20)11-16)26(24,25)22-12-14-5-9-23(10-6-14)13-15-3-7-21-8-4-15/h1-4,7-8,11,14,22H,5-6,9-10,12-13H2. The highest BCUT2D eigenvalue weighted by Gasteiger charge is 2.24. The third-order valence-corrected chi connectivity index (χ3v) is 6.06. The first-order chi connectivity index (χ1) is 12.4. The maximum absolute atomic E-state index is 13.7. The van der Waals surface area contributed by atoms with E-state index in [0.717, 1.165) is 44.6 Å². The largest absolute Gasteiger partial charge is 0.299 e. The summed E-state index contributed by atoms with van der Waals surface area (Å²) in [5.74, 6) is -1.69. The second kappa shape index (κ2) is 8.20. The summed E-state index contributed by atoms with van der Waals surface area (Å²) in [6.45, 7) is 2.85. The Hall–Kier alpha value is -1.90. The molecule has 26 heavy (non-hydrogen) atoms. The van der Waals surface area contributed by atoms with E-state index in [4.69, 9.17) is 0 Å². The Morgan fingerprint density at radius 1 is 1.12 bits per heavy atom. The van der Waals surface area contributed by atoms with Crippen LogP contribution in [0, 0.1) is 17.6 Å². The number of benzene rings is 1. The molecular formula is C18H21F2N3O2S. The van der Waals surface area contributed by atoms with E-state index in [2.05, 4.69) is 14.6 Å². The summed E-state index contributed by atoms with van der Waals surface area (Å²) in [6.07, 6.45) is 5.26. The number of aromatic nitrogens is 1. The highest BCUT2D eigenvalue weighted by Crippen LogP contribution is 2.20. The van der Waals surface area contributed by atoms with Gasteiger partial charge < -0.3 is 0 Å². The number of pyridine rings is 1. The Morgan fingerprint density at radius 2 is 1.81 bits per heavy atom. The van der Waals surface area contributed by atoms with Crippen LogP contribution in [-0.2, 0) is 16.6 Å². The van der Waals surface area contributed by atoms with Gasteiger partial charge in [0.05, 0.1) is 0 Å². The minimum atomic E-state index is -3.98. The second-order valence-electron chi connectivity index (χ2n) is 6.50. The van der Waals surface area contributed by atoms with Crippen LogP contribution < -0.4 is 4.72 Å². The lowest BCUT2D eigenvalue weighted by molar-refractivity contribution is 0.178. The van der Waals surface area contributed by atoms with Gasteiger partial charge in [-0.05, 0) is 61.7 Å². The molecule has 140 valence electrons. The molecular weight excluding hydrogens is 360 g/mol. The van der Waals surface area contributed by atoms with E-state index in [9.17, 15) is 17.2 Å². The van der Waals surface area contributed by atoms with Crippen molar-refractivity contribution in [2.24, 2.45) is 5.92 Å². The normalized spacial score (nSPS) is 16.7. The lowest BCUT2D eigenvalue weighted by atomic mass is 9.97. The topological polar surface area (TPSA) is 62.3 Å². The van der Waals surface area contributed by atoms with Gasteiger partial charge in [0.25, 0.3) is 0 Å². The quantitative estimate of drug-likeness (QED) is 0.835. The van der Waals surface area contributed by atoms with Gasteiger partial charge in [0, 0.05) is 31.5 Å². The zero-order chi connectivity index (χ0) is 18.6. The molecule has 0 atom stereocenters. The molecule has 1 fully saturated rings. The van der Waals surface area contributed by atoms with Crippen LogP contribution >= 0.6 is 0 Å². The van der Waals surface area contributed by atoms with E-state index in [1.54, 1.807) is 12.4 Å². The molecule has 0 unspecified atom stereocenters. The van der Waals surface area contributed by atoms with Gasteiger partial charge in [0.2, 0.25) is 10.0 Å². The molecule has 1 aliphatic heterocycles. The van der Waals surface area contributed by atoms with Crippen molar-refractivity contribution in [2.45, 2.75) is 24.3 Å². The van der Waals surface area contributed by atoms with Crippen LogP contribution in [0.5, 0.6) is 0 Å². The number of rotatable bonds is 6. The molecule has 1 aromatic heterocycles. The van der Waals surface area contributed by atoms with Crippen LogP contribution in [-0.4, -0.2) is 37.9 Å². The van der Waals surface area contributed by atoms with Crippen molar-refractivity contribution >= 4 is 10.0 Å². The molecule has 1 saturated heterocycles. The number of hydrogen-bond donors (Lipinski definition) is 1. The number of sulfonamides is 1. The fourth-order valence-electron chi connectivity index (χ4n) is 3.09. The van der Waals surface area contributed by atoms with Crippen molar-refractivity contribution in [3.05, 3.63) is 59.9 Å². The highest BCUT2D eigenvalue weighted by atomic mass is 32.2. The molecule has 0 aliphatic carbocycles. The fraction of sp³-hybridized carbons (Fsp3) is 0.389. The fourth-order valence-corrected chi connectivity index (χ4v) is 4.27. The van der Waals surface area contributed by atoms with Gasteiger partial charge in [0.15, 0.2) is 0 Å². The number of hydrogen-bond acceptors (Lipinski definition) is 4. The molecule has 0 spiro atoms. The zero-order valence-electron chi connectivity index (χ0n) is 14.2. The van der Waals surface area contributed by atoms with Crippen molar-refractivity contribution < 1.29 is 17.2 Å². The number of likely N-dealkylation sites (tertiary alicyclic amines) is 1. The molecule has 2 heterocycles. The summed E-state index contributed by atoms with van der Waals surface area (Å²) >= 11 is 0. The third kappa shape index (κ3) is 4.84. The van der Waals surface area contributed by atoms with Gasteiger partial charge >= 0.3 is 0 Å². The van der Waals surface area contributed by atoms with Gasteiger partial charge in [-0.3, -0.25) is 9.88 Å². The Kier molecular flexibility index (Phi) is 5.95. The Morgan fingerprint density at radius 3 is 2.46 bits per heavy atom. The molecule has 1 aromatic carbocycles. The molecule has 1 N–H and O–H groups in total. The van der Waals surface area contributed by atoms with Crippen molar-refractivity contribution in [2.75, 3.05) is 19.6 Å². The summed E-state index contributed by atoms with van der Waals surface area (Å²) in [5, 5.41) is 0. The molecule has 8 heteroatoms. The summed E-state index contributed by atoms with van der Waals surface area (Å²) in [5.41, 5.74) is 1.20. The van der Waals surface area contributed by atoms with Crippen molar-refractivity contribution in [3.8, 4) is 0 Å². The van der Waals surface area contributed by atoms with Crippen molar-refractivity contribution in [1.29, 1.82) is 0 Å². The summed E-state index contributed by atoms with van der Waals surface area (Å²) in [4.78, 5) is 5.80. The van der Waals surface area contributed by atoms with E-state index >= 15 is 0 Å². The SMILES string of the molecule is O=S(=O)(NCC1CCN(Cc2ccncc2)CC1)c1ccc(F)cc1F. The lowest BCUT2D eigenvalue weighted by Crippen LogP contribution is -2.38. The van der Waals surface area contributed by atoms with Crippen LogP contribution in [0.15, 0.2) is 47.6 Å². The summed E-state index contributed by atoms with van der Waals surface area (Å²) in [6, 6.07) is 6.43. The highest BCUT2D eigenvalue weighted by molar-refractivity contribution is 7.89. The van der Waals surface area contributed by atoms with Crippen LogP contribution in [0.2, 0.25) is 0 Å². The summed E-state index contributed by atoms with van der Waals surface area (Å²) in [7, 11) is -3.98. The Labute approximate surface area is 152 Å². The van der Waals surface area contributed by atoms with Gasteiger partial charge in [-0.15, -0.1) is 0 Å². The van der Waals surface area contributed by atoms with E-state index in [-0.39, 0.29) is 12.5 Å². The summed E-state index contributed by atoms with van der Waals surface area (Å²) < 4.78 is 53.5. The molecule has 5 nitrogen and oxygen atoms in total. The first-order valence-corrected chi connectivity index (χ1v) is 9.98. The van der Waals surface area contributed by atoms with Crippen LogP contribution in [0.25, 0.3) is 0 Å². The minimum Gasteiger partial charge on any atom is -0.299 e. The van der Waals surface area contributed by atoms with Crippen molar-refractivity contribution in [3.63, 3.8) is 0 Å². The number of piperidine rings is 1. The first kappa shape index (κ1) is 18.9. The smallest absolute Gasteiger partial charge is 0.243 e. The van der Waals surface area contributed by atoms with Crippen LogP contribution in [0.4, 0.5) is 8.78 Å². The van der Waals surface area contributed by atoms with Gasteiger partial charge in [-0.25, -0.2) is 21.9 Å². The molecule has 0 saturated carbocycles. The molecule has 0 bridgehead atoms. The van der Waals surface area contributed by atoms with Crippen molar-refractivity contribution in [1.82, 2.24) is 14.6 Å². The number of nitrogens with one attached hydrogen (secondary N) is 1. The predicted molar refractivity (Wildman–Crippen MR) is 93.8 cm³/mol. The molecule has 2 aromatic rings. The average molecular weight is 381 g/mol. The van der Waals surface area contributed by atoms with E-state index < -0.39 is 26.6 Å². The minimum absolute atomic E-state index is 0.196. The van der Waals surface area contributed by atoms with E-state index in [1.165, 1.54) is 5.56 Å². The Balaban J connectivity index is 1.50.